The van der Waals surface area contributed by atoms with Crippen molar-refractivity contribution in [2.45, 2.75) is 25.3 Å². The SMILES string of the molecule is CC1(C(=O)Nc2cccc3ccccc23)CCCN1. The smallest absolute Gasteiger partial charge is 0.244 e. The number of carbonyl (C=O) groups excluding carboxylic acids is 1. The molecule has 0 bridgehead atoms. The van der Waals surface area contributed by atoms with E-state index in [9.17, 15) is 4.79 Å². The summed E-state index contributed by atoms with van der Waals surface area (Å²) < 4.78 is 0. The Bertz CT molecular complexity index is 610. The van der Waals surface area contributed by atoms with Crippen LogP contribution in [-0.2, 0) is 4.79 Å². The number of hydrogen-bond acceptors (Lipinski definition) is 2. The number of anilines is 1. The molecule has 2 aromatic carbocycles. The number of amides is 1. The molecule has 0 saturated carbocycles. The molecule has 0 aliphatic carbocycles. The van der Waals surface area contributed by atoms with Crippen molar-refractivity contribution in [2.24, 2.45) is 0 Å². The predicted octanol–water partition coefficient (Wildman–Crippen LogP) is 2.92. The zero-order valence-electron chi connectivity index (χ0n) is 11.1. The number of hydrogen-bond donors (Lipinski definition) is 2. The first-order valence-electron chi connectivity index (χ1n) is 6.73. The first-order valence-corrected chi connectivity index (χ1v) is 6.73. The molecule has 1 aliphatic heterocycles. The van der Waals surface area contributed by atoms with Crippen LogP contribution in [0.4, 0.5) is 5.69 Å². The van der Waals surface area contributed by atoms with Gasteiger partial charge < -0.3 is 10.6 Å². The summed E-state index contributed by atoms with van der Waals surface area (Å²) in [7, 11) is 0. The summed E-state index contributed by atoms with van der Waals surface area (Å²) >= 11 is 0. The Balaban J connectivity index is 1.91. The summed E-state index contributed by atoms with van der Waals surface area (Å²) in [5.41, 5.74) is 0.453. The Morgan fingerprint density at radius 1 is 1.21 bits per heavy atom. The maximum atomic E-state index is 12.4. The molecule has 3 rings (SSSR count). The van der Waals surface area contributed by atoms with E-state index in [1.54, 1.807) is 0 Å². The lowest BCUT2D eigenvalue weighted by atomic mass is 9.99. The maximum Gasteiger partial charge on any atom is 0.244 e. The highest BCUT2D eigenvalue weighted by atomic mass is 16.2. The molecule has 19 heavy (non-hydrogen) atoms. The fourth-order valence-electron chi connectivity index (χ4n) is 2.68. The van der Waals surface area contributed by atoms with E-state index in [-0.39, 0.29) is 5.91 Å². The summed E-state index contributed by atoms with van der Waals surface area (Å²) in [5.74, 6) is 0.0568. The molecule has 1 atom stereocenters. The molecule has 0 spiro atoms. The van der Waals surface area contributed by atoms with E-state index in [1.165, 1.54) is 0 Å². The Morgan fingerprint density at radius 3 is 2.79 bits per heavy atom. The van der Waals surface area contributed by atoms with E-state index in [2.05, 4.69) is 22.8 Å². The van der Waals surface area contributed by atoms with Gasteiger partial charge in [0.05, 0.1) is 5.54 Å². The zero-order chi connectivity index (χ0) is 13.3. The highest BCUT2D eigenvalue weighted by Crippen LogP contribution is 2.26. The average molecular weight is 254 g/mol. The van der Waals surface area contributed by atoms with Gasteiger partial charge in [0.25, 0.3) is 0 Å². The van der Waals surface area contributed by atoms with Gasteiger partial charge >= 0.3 is 0 Å². The molecule has 98 valence electrons. The minimum absolute atomic E-state index is 0.0568. The Kier molecular flexibility index (Phi) is 2.99. The van der Waals surface area contributed by atoms with E-state index < -0.39 is 5.54 Å². The number of benzene rings is 2. The molecule has 2 N–H and O–H groups in total. The molecular formula is C16H18N2O. The predicted molar refractivity (Wildman–Crippen MR) is 78.2 cm³/mol. The molecular weight excluding hydrogens is 236 g/mol. The van der Waals surface area contributed by atoms with Crippen LogP contribution in [0.5, 0.6) is 0 Å². The summed E-state index contributed by atoms with van der Waals surface area (Å²) in [6.07, 6.45) is 1.95. The van der Waals surface area contributed by atoms with Crippen molar-refractivity contribution >= 4 is 22.4 Å². The Hall–Kier alpha value is -1.87. The van der Waals surface area contributed by atoms with E-state index in [0.29, 0.717) is 0 Å². The number of nitrogens with one attached hydrogen (secondary N) is 2. The lowest BCUT2D eigenvalue weighted by Gasteiger charge is -2.23. The molecule has 0 radical (unpaired) electrons. The van der Waals surface area contributed by atoms with Gasteiger partial charge in [0.15, 0.2) is 0 Å². The monoisotopic (exact) mass is 254 g/mol. The van der Waals surface area contributed by atoms with Gasteiger partial charge in [0, 0.05) is 11.1 Å². The molecule has 1 aliphatic rings. The number of rotatable bonds is 2. The normalized spacial score (nSPS) is 22.6. The second kappa shape index (κ2) is 4.67. The third kappa shape index (κ3) is 2.22. The van der Waals surface area contributed by atoms with Crippen LogP contribution in [0, 0.1) is 0 Å². The topological polar surface area (TPSA) is 41.1 Å². The van der Waals surface area contributed by atoms with Crippen molar-refractivity contribution < 1.29 is 4.79 Å². The Labute approximate surface area is 113 Å². The molecule has 2 aromatic rings. The maximum absolute atomic E-state index is 12.4. The Morgan fingerprint density at radius 2 is 2.00 bits per heavy atom. The van der Waals surface area contributed by atoms with Gasteiger partial charge in [-0.2, -0.15) is 0 Å². The van der Waals surface area contributed by atoms with E-state index in [4.69, 9.17) is 0 Å². The van der Waals surface area contributed by atoms with Gasteiger partial charge in [0.1, 0.15) is 0 Å². The minimum Gasteiger partial charge on any atom is -0.324 e. The number of fused-ring (bicyclic) bond motifs is 1. The molecule has 3 nitrogen and oxygen atoms in total. The van der Waals surface area contributed by atoms with Crippen molar-refractivity contribution in [3.8, 4) is 0 Å². The van der Waals surface area contributed by atoms with Crippen LogP contribution in [0.25, 0.3) is 10.8 Å². The van der Waals surface area contributed by atoms with E-state index in [1.807, 2.05) is 37.3 Å². The van der Waals surface area contributed by atoms with Crippen LogP contribution in [-0.4, -0.2) is 18.0 Å². The van der Waals surface area contributed by atoms with Gasteiger partial charge in [-0.05, 0) is 37.8 Å². The molecule has 1 saturated heterocycles. The molecule has 1 amide bonds. The fraction of sp³-hybridized carbons (Fsp3) is 0.312. The van der Waals surface area contributed by atoms with Crippen LogP contribution in [0.15, 0.2) is 42.5 Å². The van der Waals surface area contributed by atoms with Gasteiger partial charge in [0.2, 0.25) is 5.91 Å². The van der Waals surface area contributed by atoms with E-state index >= 15 is 0 Å². The van der Waals surface area contributed by atoms with Gasteiger partial charge in [-0.15, -0.1) is 0 Å². The first kappa shape index (κ1) is 12.2. The third-order valence-corrected chi connectivity index (χ3v) is 3.91. The molecule has 1 fully saturated rings. The van der Waals surface area contributed by atoms with Crippen molar-refractivity contribution in [1.82, 2.24) is 5.32 Å². The average Bonchev–Trinajstić information content (AvgIpc) is 2.87. The van der Waals surface area contributed by atoms with Crippen molar-refractivity contribution in [3.05, 3.63) is 42.5 Å². The summed E-state index contributed by atoms with van der Waals surface area (Å²) in [5, 5.41) is 8.58. The van der Waals surface area contributed by atoms with Crippen LogP contribution in [0.3, 0.4) is 0 Å². The highest BCUT2D eigenvalue weighted by Gasteiger charge is 2.35. The second-order valence-electron chi connectivity index (χ2n) is 5.34. The number of carbonyl (C=O) groups is 1. The van der Waals surface area contributed by atoms with Crippen molar-refractivity contribution in [1.29, 1.82) is 0 Å². The van der Waals surface area contributed by atoms with Gasteiger partial charge in [-0.25, -0.2) is 0 Å². The molecule has 3 heteroatoms. The van der Waals surface area contributed by atoms with Crippen molar-refractivity contribution in [3.63, 3.8) is 0 Å². The molecule has 1 heterocycles. The van der Waals surface area contributed by atoms with Crippen LogP contribution in [0.1, 0.15) is 19.8 Å². The second-order valence-corrected chi connectivity index (χ2v) is 5.34. The molecule has 0 aromatic heterocycles. The van der Waals surface area contributed by atoms with Gasteiger partial charge in [-0.1, -0.05) is 36.4 Å². The molecule has 1 unspecified atom stereocenters. The van der Waals surface area contributed by atoms with Crippen molar-refractivity contribution in [2.75, 3.05) is 11.9 Å². The fourth-order valence-corrected chi connectivity index (χ4v) is 2.68. The lowest BCUT2D eigenvalue weighted by Crippen LogP contribution is -2.47. The summed E-state index contributed by atoms with van der Waals surface area (Å²) in [6, 6.07) is 14.1. The summed E-state index contributed by atoms with van der Waals surface area (Å²) in [6.45, 7) is 2.89. The van der Waals surface area contributed by atoms with Crippen LogP contribution in [0.2, 0.25) is 0 Å². The highest BCUT2D eigenvalue weighted by molar-refractivity contribution is 6.05. The largest absolute Gasteiger partial charge is 0.324 e. The standard InChI is InChI=1S/C16H18N2O/c1-16(10-5-11-17-16)15(19)18-14-9-4-7-12-6-2-3-8-13(12)14/h2-4,6-9,17H,5,10-11H2,1H3,(H,18,19). The first-order chi connectivity index (χ1) is 9.19. The minimum atomic E-state index is -0.434. The van der Waals surface area contributed by atoms with Gasteiger partial charge in [-0.3, -0.25) is 4.79 Å². The van der Waals surface area contributed by atoms with E-state index in [0.717, 1.165) is 35.8 Å². The zero-order valence-corrected chi connectivity index (χ0v) is 11.1. The quantitative estimate of drug-likeness (QED) is 0.865. The third-order valence-electron chi connectivity index (χ3n) is 3.91. The lowest BCUT2D eigenvalue weighted by molar-refractivity contribution is -0.121. The summed E-state index contributed by atoms with van der Waals surface area (Å²) in [4.78, 5) is 12.4. The van der Waals surface area contributed by atoms with Crippen LogP contribution < -0.4 is 10.6 Å². The van der Waals surface area contributed by atoms with Crippen LogP contribution >= 0.6 is 0 Å².